The van der Waals surface area contributed by atoms with Crippen molar-refractivity contribution >= 4 is 31.5 Å². The van der Waals surface area contributed by atoms with Crippen LogP contribution in [0.15, 0.2) is 91.4 Å². The van der Waals surface area contributed by atoms with E-state index < -0.39 is 13.7 Å². The molecular formula is C29H21IrN3S-2. The molecule has 0 saturated heterocycles. The molecule has 0 aliphatic heterocycles. The zero-order valence-electron chi connectivity index (χ0n) is 23.7. The molecule has 3 nitrogen and oxygen atoms in total. The fraction of sp³-hybridized carbons (Fsp3) is 0.0690. The quantitative estimate of drug-likeness (QED) is 0.184. The average Bonchev–Trinajstić information content (AvgIpc) is 3.31. The summed E-state index contributed by atoms with van der Waals surface area (Å²) in [5, 5.41) is 2.22. The van der Waals surface area contributed by atoms with E-state index >= 15 is 0 Å². The molecule has 0 amide bonds. The maximum atomic E-state index is 7.65. The maximum Gasteiger partial charge on any atom is 0.0521 e. The van der Waals surface area contributed by atoms with Crippen LogP contribution in [0.3, 0.4) is 0 Å². The first kappa shape index (κ1) is 17.2. The first-order valence-corrected chi connectivity index (χ1v) is 11.0. The molecule has 2 aromatic carbocycles. The van der Waals surface area contributed by atoms with Crippen molar-refractivity contribution in [2.45, 2.75) is 13.7 Å². The number of rotatable bonds is 2. The predicted octanol–water partition coefficient (Wildman–Crippen LogP) is 7.47. The minimum absolute atomic E-state index is 0. The SMILES string of the molecule is [2H]C([2H])([2H])c1ccc(-c2[c-]cccc2)nc1.[2H]C([2H])([2H])c1ncc[c-]c1-c1cc2c(cn1)sc1ccccc12.[Ir]. The summed E-state index contributed by atoms with van der Waals surface area (Å²) in [6.07, 6.45) is 4.63. The number of nitrogens with zero attached hydrogens (tertiary/aromatic N) is 3. The van der Waals surface area contributed by atoms with Crippen LogP contribution in [0.1, 0.15) is 19.5 Å². The number of hydrogen-bond donors (Lipinski definition) is 0. The van der Waals surface area contributed by atoms with Crippen LogP contribution in [0.4, 0.5) is 0 Å². The van der Waals surface area contributed by atoms with E-state index in [2.05, 4.69) is 39.2 Å². The zero-order valence-corrected chi connectivity index (χ0v) is 21.0. The van der Waals surface area contributed by atoms with Crippen LogP contribution < -0.4 is 0 Å². The summed E-state index contributed by atoms with van der Waals surface area (Å²) < 4.78 is 46.9. The molecule has 0 unspecified atom stereocenters. The van der Waals surface area contributed by atoms with Crippen molar-refractivity contribution in [3.8, 4) is 22.5 Å². The summed E-state index contributed by atoms with van der Waals surface area (Å²) in [7, 11) is 0. The van der Waals surface area contributed by atoms with E-state index in [1.165, 1.54) is 17.1 Å². The molecule has 6 rings (SSSR count). The van der Waals surface area contributed by atoms with E-state index in [9.17, 15) is 0 Å². The molecular weight excluding hydrogens is 615 g/mol. The molecule has 169 valence electrons. The Labute approximate surface area is 225 Å². The molecule has 0 aliphatic carbocycles. The molecule has 0 aliphatic rings. The van der Waals surface area contributed by atoms with Gasteiger partial charge in [-0.2, -0.15) is 0 Å². The number of aromatic nitrogens is 3. The monoisotopic (exact) mass is 642 g/mol. The van der Waals surface area contributed by atoms with Crippen LogP contribution in [0.25, 0.3) is 42.7 Å². The van der Waals surface area contributed by atoms with E-state index in [0.29, 0.717) is 11.3 Å². The van der Waals surface area contributed by atoms with E-state index in [4.69, 9.17) is 8.22 Å². The van der Waals surface area contributed by atoms with Crippen molar-refractivity contribution in [2.75, 3.05) is 0 Å². The van der Waals surface area contributed by atoms with Crippen LogP contribution >= 0.6 is 11.3 Å². The average molecular weight is 642 g/mol. The second-order valence-electron chi connectivity index (χ2n) is 7.19. The Morgan fingerprint density at radius 2 is 1.65 bits per heavy atom. The van der Waals surface area contributed by atoms with Crippen LogP contribution in [0, 0.1) is 25.8 Å². The van der Waals surface area contributed by atoms with Crippen molar-refractivity contribution < 1.29 is 28.3 Å². The molecule has 5 heteroatoms. The van der Waals surface area contributed by atoms with E-state index in [1.54, 1.807) is 41.8 Å². The smallest absolute Gasteiger partial charge is 0.0521 e. The van der Waals surface area contributed by atoms with Gasteiger partial charge in [0.25, 0.3) is 0 Å². The minimum atomic E-state index is -2.29. The molecule has 4 aromatic heterocycles. The number of hydrogen-bond acceptors (Lipinski definition) is 4. The van der Waals surface area contributed by atoms with Gasteiger partial charge in [0.15, 0.2) is 0 Å². The second-order valence-corrected chi connectivity index (χ2v) is 8.27. The van der Waals surface area contributed by atoms with Gasteiger partial charge < -0.3 is 15.0 Å². The van der Waals surface area contributed by atoms with Crippen LogP contribution in [0.5, 0.6) is 0 Å². The third kappa shape index (κ3) is 5.12. The van der Waals surface area contributed by atoms with Gasteiger partial charge in [0, 0.05) is 45.4 Å². The molecule has 0 atom stereocenters. The summed E-state index contributed by atoms with van der Waals surface area (Å²) in [4.78, 5) is 12.6. The third-order valence-corrected chi connectivity index (χ3v) is 6.13. The largest absolute Gasteiger partial charge is 0.357 e. The van der Waals surface area contributed by atoms with Gasteiger partial charge in [0.05, 0.1) is 4.70 Å². The molecule has 0 N–H and O–H groups in total. The molecule has 4 heterocycles. The van der Waals surface area contributed by atoms with Crippen molar-refractivity contribution in [1.29, 1.82) is 0 Å². The van der Waals surface area contributed by atoms with Crippen LogP contribution in [-0.4, -0.2) is 15.0 Å². The topological polar surface area (TPSA) is 38.7 Å². The first-order chi connectivity index (χ1) is 18.6. The summed E-state index contributed by atoms with van der Waals surface area (Å²) in [5.74, 6) is 0. The molecule has 34 heavy (non-hydrogen) atoms. The van der Waals surface area contributed by atoms with Gasteiger partial charge in [-0.1, -0.05) is 49.4 Å². The molecule has 0 spiro atoms. The van der Waals surface area contributed by atoms with Crippen LogP contribution in [0.2, 0.25) is 0 Å². The second kappa shape index (κ2) is 10.8. The Balaban J connectivity index is 0.000000192. The van der Waals surface area contributed by atoms with Gasteiger partial charge in [-0.05, 0) is 46.3 Å². The first-order valence-electron chi connectivity index (χ1n) is 13.2. The standard InChI is InChI=1S/C17H11N2S.C12H10N.Ir/c1-11-12(6-4-8-18-11)15-9-14-13-5-2-3-7-16(13)20-17(14)10-19-15;1-10-7-8-12(13-9-10)11-5-3-2-4-6-11;/h2-5,7-10H,1H3;2-5,7-9H,1H3;/q2*-1;/i2*1D3;. The maximum absolute atomic E-state index is 7.65. The number of aryl methyl sites for hydroxylation is 2. The number of thiophene rings is 1. The van der Waals surface area contributed by atoms with Crippen molar-refractivity contribution in [1.82, 2.24) is 15.0 Å². The normalized spacial score (nSPS) is 13.8. The molecule has 6 aromatic rings. The van der Waals surface area contributed by atoms with E-state index in [-0.39, 0.29) is 31.4 Å². The Morgan fingerprint density at radius 3 is 2.44 bits per heavy atom. The van der Waals surface area contributed by atoms with Crippen molar-refractivity contribution in [2.24, 2.45) is 0 Å². The van der Waals surface area contributed by atoms with Gasteiger partial charge in [-0.25, -0.2) is 0 Å². The number of benzene rings is 2. The summed E-state index contributed by atoms with van der Waals surface area (Å²) >= 11 is 1.68. The van der Waals surface area contributed by atoms with E-state index in [0.717, 1.165) is 26.7 Å². The third-order valence-electron chi connectivity index (χ3n) is 5.01. The molecule has 0 fully saturated rings. The number of fused-ring (bicyclic) bond motifs is 3. The van der Waals surface area contributed by atoms with Gasteiger partial charge in [0.2, 0.25) is 0 Å². The Kier molecular flexibility index (Phi) is 5.47. The Hall–Kier alpha value is -3.24. The predicted molar refractivity (Wildman–Crippen MR) is 137 cm³/mol. The summed E-state index contributed by atoms with van der Waals surface area (Å²) in [5.41, 5.74) is 2.90. The zero-order chi connectivity index (χ0) is 27.6. The van der Waals surface area contributed by atoms with Crippen LogP contribution in [-0.2, 0) is 20.1 Å². The Bertz CT molecular complexity index is 1730. The fourth-order valence-electron chi connectivity index (χ4n) is 3.43. The molecule has 1 radical (unpaired) electrons. The van der Waals surface area contributed by atoms with Gasteiger partial charge in [-0.3, -0.25) is 0 Å². The minimum Gasteiger partial charge on any atom is -0.357 e. The van der Waals surface area contributed by atoms with Gasteiger partial charge in [0.1, 0.15) is 0 Å². The van der Waals surface area contributed by atoms with Crippen molar-refractivity contribution in [3.63, 3.8) is 0 Å². The van der Waals surface area contributed by atoms with E-state index in [1.807, 2.05) is 36.4 Å². The van der Waals surface area contributed by atoms with Gasteiger partial charge in [-0.15, -0.1) is 64.9 Å². The number of pyridine rings is 3. The summed E-state index contributed by atoms with van der Waals surface area (Å²) in [6, 6.07) is 28.4. The fourth-order valence-corrected chi connectivity index (χ4v) is 4.49. The van der Waals surface area contributed by atoms with Gasteiger partial charge >= 0.3 is 0 Å². The molecule has 0 bridgehead atoms. The molecule has 0 saturated carbocycles. The summed E-state index contributed by atoms with van der Waals surface area (Å²) in [6.45, 7) is -4.38. The Morgan fingerprint density at radius 1 is 0.765 bits per heavy atom. The van der Waals surface area contributed by atoms with Crippen molar-refractivity contribution in [3.05, 3.63) is 115 Å².